The van der Waals surface area contributed by atoms with E-state index < -0.39 is 0 Å². The molecular formula is C13H25NO. The molecule has 2 heteroatoms. The van der Waals surface area contributed by atoms with Crippen molar-refractivity contribution >= 4 is 0 Å². The van der Waals surface area contributed by atoms with Crippen LogP contribution in [0.4, 0.5) is 0 Å². The highest BCUT2D eigenvalue weighted by atomic mass is 16.5. The average molecular weight is 211 g/mol. The maximum atomic E-state index is 5.38. The topological polar surface area (TPSA) is 21.3 Å². The van der Waals surface area contributed by atoms with E-state index in [1.165, 1.54) is 32.2 Å². The monoisotopic (exact) mass is 211 g/mol. The van der Waals surface area contributed by atoms with Crippen LogP contribution < -0.4 is 5.32 Å². The van der Waals surface area contributed by atoms with Crippen LogP contribution in [0.15, 0.2) is 0 Å². The highest BCUT2D eigenvalue weighted by Gasteiger charge is 2.29. The summed E-state index contributed by atoms with van der Waals surface area (Å²) in [6.07, 6.45) is 5.30. The first-order valence-corrected chi connectivity index (χ1v) is 6.58. The van der Waals surface area contributed by atoms with E-state index in [4.69, 9.17) is 4.74 Å². The summed E-state index contributed by atoms with van der Waals surface area (Å²) in [6, 6.07) is 0.780. The Hall–Kier alpha value is -0.0800. The molecular weight excluding hydrogens is 186 g/mol. The van der Waals surface area contributed by atoms with Gasteiger partial charge in [0.1, 0.15) is 0 Å². The van der Waals surface area contributed by atoms with E-state index in [0.717, 1.165) is 37.0 Å². The lowest BCUT2D eigenvalue weighted by atomic mass is 9.96. The van der Waals surface area contributed by atoms with Crippen LogP contribution in [0.25, 0.3) is 0 Å². The molecule has 2 rings (SSSR count). The number of hydrogen-bond donors (Lipinski definition) is 1. The first-order chi connectivity index (χ1) is 7.27. The third kappa shape index (κ3) is 2.94. The summed E-state index contributed by atoms with van der Waals surface area (Å²) in [7, 11) is 0. The van der Waals surface area contributed by atoms with Crippen LogP contribution in [0, 0.1) is 17.8 Å². The lowest BCUT2D eigenvalue weighted by Crippen LogP contribution is -2.37. The zero-order chi connectivity index (χ0) is 10.7. The summed E-state index contributed by atoms with van der Waals surface area (Å²) in [5.41, 5.74) is 0. The fourth-order valence-corrected chi connectivity index (χ4v) is 2.92. The van der Waals surface area contributed by atoms with E-state index in [-0.39, 0.29) is 0 Å². The van der Waals surface area contributed by atoms with Crippen molar-refractivity contribution in [1.29, 1.82) is 0 Å². The maximum Gasteiger partial charge on any atom is 0.0469 e. The third-order valence-corrected chi connectivity index (χ3v) is 4.47. The molecule has 1 saturated carbocycles. The molecule has 1 N–H and O–H groups in total. The van der Waals surface area contributed by atoms with E-state index in [0.29, 0.717) is 0 Å². The second-order valence-corrected chi connectivity index (χ2v) is 5.48. The van der Waals surface area contributed by atoms with Gasteiger partial charge in [-0.2, -0.15) is 0 Å². The van der Waals surface area contributed by atoms with Crippen molar-refractivity contribution in [3.05, 3.63) is 0 Å². The van der Waals surface area contributed by atoms with E-state index in [1.54, 1.807) is 0 Å². The highest BCUT2D eigenvalue weighted by Crippen LogP contribution is 2.31. The highest BCUT2D eigenvalue weighted by molar-refractivity contribution is 4.85. The van der Waals surface area contributed by atoms with Crippen molar-refractivity contribution in [3.63, 3.8) is 0 Å². The molecule has 1 heterocycles. The van der Waals surface area contributed by atoms with Crippen LogP contribution in [0.1, 0.15) is 39.5 Å². The first kappa shape index (κ1) is 11.4. The summed E-state index contributed by atoms with van der Waals surface area (Å²) in [6.45, 7) is 7.96. The molecule has 15 heavy (non-hydrogen) atoms. The van der Waals surface area contributed by atoms with Gasteiger partial charge in [0.05, 0.1) is 0 Å². The quantitative estimate of drug-likeness (QED) is 0.774. The van der Waals surface area contributed by atoms with Crippen molar-refractivity contribution in [3.8, 4) is 0 Å². The SMILES string of the molecule is CC1CCC(NCC2CCOCC2)C1C. The third-order valence-electron chi connectivity index (χ3n) is 4.47. The summed E-state index contributed by atoms with van der Waals surface area (Å²) < 4.78 is 5.38. The molecule has 0 radical (unpaired) electrons. The van der Waals surface area contributed by atoms with Crippen LogP contribution >= 0.6 is 0 Å². The molecule has 0 spiro atoms. The normalized spacial score (nSPS) is 38.4. The van der Waals surface area contributed by atoms with Crippen LogP contribution in [-0.4, -0.2) is 25.8 Å². The predicted octanol–water partition coefficient (Wildman–Crippen LogP) is 2.44. The van der Waals surface area contributed by atoms with Gasteiger partial charge in [-0.1, -0.05) is 13.8 Å². The second-order valence-electron chi connectivity index (χ2n) is 5.48. The Kier molecular flexibility index (Phi) is 4.04. The lowest BCUT2D eigenvalue weighted by Gasteiger charge is -2.26. The van der Waals surface area contributed by atoms with Gasteiger partial charge in [0, 0.05) is 19.3 Å². The molecule has 1 saturated heterocycles. The summed E-state index contributed by atoms with van der Waals surface area (Å²) in [5.74, 6) is 2.64. The fraction of sp³-hybridized carbons (Fsp3) is 1.00. The minimum atomic E-state index is 0.780. The molecule has 1 aliphatic carbocycles. The molecule has 1 aliphatic heterocycles. The molecule has 2 fully saturated rings. The van der Waals surface area contributed by atoms with Crippen LogP contribution in [0.3, 0.4) is 0 Å². The van der Waals surface area contributed by atoms with Gasteiger partial charge in [0.25, 0.3) is 0 Å². The molecule has 0 aromatic rings. The first-order valence-electron chi connectivity index (χ1n) is 6.58. The molecule has 0 aromatic heterocycles. The molecule has 0 amide bonds. The number of ether oxygens (including phenoxy) is 1. The van der Waals surface area contributed by atoms with Gasteiger partial charge in [-0.15, -0.1) is 0 Å². The van der Waals surface area contributed by atoms with Gasteiger partial charge in [0.15, 0.2) is 0 Å². The largest absolute Gasteiger partial charge is 0.381 e. The lowest BCUT2D eigenvalue weighted by molar-refractivity contribution is 0.0650. The Morgan fingerprint density at radius 2 is 1.80 bits per heavy atom. The van der Waals surface area contributed by atoms with Crippen molar-refractivity contribution in [1.82, 2.24) is 5.32 Å². The van der Waals surface area contributed by atoms with Crippen molar-refractivity contribution < 1.29 is 4.74 Å². The van der Waals surface area contributed by atoms with Crippen LogP contribution in [0.2, 0.25) is 0 Å². The van der Waals surface area contributed by atoms with Gasteiger partial charge in [-0.3, -0.25) is 0 Å². The maximum absolute atomic E-state index is 5.38. The van der Waals surface area contributed by atoms with Crippen LogP contribution in [-0.2, 0) is 4.74 Å². The molecule has 88 valence electrons. The van der Waals surface area contributed by atoms with Crippen LogP contribution in [0.5, 0.6) is 0 Å². The molecule has 3 atom stereocenters. The number of nitrogens with one attached hydrogen (secondary N) is 1. The zero-order valence-corrected chi connectivity index (χ0v) is 10.2. The predicted molar refractivity (Wildman–Crippen MR) is 62.9 cm³/mol. The summed E-state index contributed by atoms with van der Waals surface area (Å²) >= 11 is 0. The number of hydrogen-bond acceptors (Lipinski definition) is 2. The van der Waals surface area contributed by atoms with E-state index in [2.05, 4.69) is 19.2 Å². The van der Waals surface area contributed by atoms with E-state index in [1.807, 2.05) is 0 Å². The molecule has 0 bridgehead atoms. The molecule has 3 unspecified atom stereocenters. The van der Waals surface area contributed by atoms with Gasteiger partial charge in [-0.25, -0.2) is 0 Å². The molecule has 2 aliphatic rings. The molecule has 0 aromatic carbocycles. The van der Waals surface area contributed by atoms with Crippen molar-refractivity contribution in [2.75, 3.05) is 19.8 Å². The molecule has 2 nitrogen and oxygen atoms in total. The minimum absolute atomic E-state index is 0.780. The summed E-state index contributed by atoms with van der Waals surface area (Å²) in [5, 5.41) is 3.78. The van der Waals surface area contributed by atoms with Gasteiger partial charge in [0.2, 0.25) is 0 Å². The summed E-state index contributed by atoms with van der Waals surface area (Å²) in [4.78, 5) is 0. The standard InChI is InChI=1S/C13H25NO/c1-10-3-4-13(11(10)2)14-9-12-5-7-15-8-6-12/h10-14H,3-9H2,1-2H3. The Bertz CT molecular complexity index is 189. The van der Waals surface area contributed by atoms with Gasteiger partial charge < -0.3 is 10.1 Å². The minimum Gasteiger partial charge on any atom is -0.381 e. The second kappa shape index (κ2) is 5.31. The Morgan fingerprint density at radius 3 is 2.40 bits per heavy atom. The zero-order valence-electron chi connectivity index (χ0n) is 10.2. The Morgan fingerprint density at radius 1 is 1.07 bits per heavy atom. The van der Waals surface area contributed by atoms with Gasteiger partial charge >= 0.3 is 0 Å². The average Bonchev–Trinajstić information content (AvgIpc) is 2.59. The Balaban J connectivity index is 1.68. The smallest absolute Gasteiger partial charge is 0.0469 e. The number of rotatable bonds is 3. The van der Waals surface area contributed by atoms with Gasteiger partial charge in [-0.05, 0) is 50.0 Å². The Labute approximate surface area is 93.8 Å². The van der Waals surface area contributed by atoms with Crippen molar-refractivity contribution in [2.45, 2.75) is 45.6 Å². The fourth-order valence-electron chi connectivity index (χ4n) is 2.92. The van der Waals surface area contributed by atoms with Crippen molar-refractivity contribution in [2.24, 2.45) is 17.8 Å². The van der Waals surface area contributed by atoms with E-state index in [9.17, 15) is 0 Å². The van der Waals surface area contributed by atoms with E-state index >= 15 is 0 Å².